The van der Waals surface area contributed by atoms with Gasteiger partial charge >= 0.3 is 0 Å². The summed E-state index contributed by atoms with van der Waals surface area (Å²) in [5.41, 5.74) is 3.34. The quantitative estimate of drug-likeness (QED) is 0.655. The number of halogens is 2. The molecule has 1 heterocycles. The molecule has 0 amide bonds. The molecule has 100 valence electrons. The molecule has 0 bridgehead atoms. The van der Waals surface area contributed by atoms with Crippen LogP contribution >= 0.6 is 0 Å². The Hall–Kier alpha value is -2.05. The van der Waals surface area contributed by atoms with Gasteiger partial charge in [0.15, 0.2) is 0 Å². The number of nitrogens with zero attached hydrogens (tertiary/aromatic N) is 1. The summed E-state index contributed by atoms with van der Waals surface area (Å²) in [6.45, 7) is 0. The zero-order valence-electron chi connectivity index (χ0n) is 10.2. The summed E-state index contributed by atoms with van der Waals surface area (Å²) >= 11 is 0. The highest BCUT2D eigenvalue weighted by molar-refractivity contribution is 5.34. The van der Waals surface area contributed by atoms with Crippen molar-refractivity contribution in [1.29, 1.82) is 0 Å². The van der Waals surface area contributed by atoms with Crippen LogP contribution in [-0.2, 0) is 0 Å². The first-order valence-electron chi connectivity index (χ1n) is 5.55. The zero-order valence-corrected chi connectivity index (χ0v) is 10.2. The number of pyridine rings is 1. The second-order valence-corrected chi connectivity index (χ2v) is 3.92. The van der Waals surface area contributed by atoms with E-state index < -0.39 is 17.7 Å². The fraction of sp³-hybridized carbons (Fsp3) is 0.154. The number of methoxy groups -OCH3 is 1. The Kier molecular flexibility index (Phi) is 4.03. The Labute approximate surface area is 109 Å². The maximum Gasteiger partial charge on any atom is 0.137 e. The number of nitrogens with one attached hydrogen (secondary N) is 1. The average molecular weight is 265 g/mol. The third-order valence-corrected chi connectivity index (χ3v) is 2.74. The molecule has 0 fully saturated rings. The van der Waals surface area contributed by atoms with Crippen molar-refractivity contribution in [3.05, 3.63) is 59.4 Å². The molecule has 4 nitrogen and oxygen atoms in total. The minimum Gasteiger partial charge on any atom is -0.495 e. The van der Waals surface area contributed by atoms with Crippen LogP contribution in [0.15, 0.2) is 36.7 Å². The Morgan fingerprint density at radius 3 is 2.68 bits per heavy atom. The van der Waals surface area contributed by atoms with Crippen LogP contribution in [0.25, 0.3) is 0 Å². The topological polar surface area (TPSA) is 60.2 Å². The fourth-order valence-electron chi connectivity index (χ4n) is 1.81. The van der Waals surface area contributed by atoms with E-state index in [9.17, 15) is 8.78 Å². The Morgan fingerprint density at radius 1 is 1.26 bits per heavy atom. The second-order valence-electron chi connectivity index (χ2n) is 3.92. The number of hydrogen-bond donors (Lipinski definition) is 2. The Morgan fingerprint density at radius 2 is 2.05 bits per heavy atom. The molecule has 2 rings (SSSR count). The van der Waals surface area contributed by atoms with Gasteiger partial charge in [-0.25, -0.2) is 14.2 Å². The molecule has 6 heteroatoms. The van der Waals surface area contributed by atoms with Gasteiger partial charge in [-0.1, -0.05) is 6.07 Å². The van der Waals surface area contributed by atoms with Gasteiger partial charge in [-0.05, 0) is 17.7 Å². The third-order valence-electron chi connectivity index (χ3n) is 2.74. The van der Waals surface area contributed by atoms with Crippen LogP contribution in [0.2, 0.25) is 0 Å². The summed E-state index contributed by atoms with van der Waals surface area (Å²) in [4.78, 5) is 3.98. The normalized spacial score (nSPS) is 12.2. The summed E-state index contributed by atoms with van der Waals surface area (Å²) in [5, 5.41) is 0. The van der Waals surface area contributed by atoms with Crippen LogP contribution in [0, 0.1) is 11.6 Å². The van der Waals surface area contributed by atoms with E-state index in [2.05, 4.69) is 10.4 Å². The molecule has 2 aromatic rings. The van der Waals surface area contributed by atoms with E-state index in [-0.39, 0.29) is 5.56 Å². The van der Waals surface area contributed by atoms with Crippen molar-refractivity contribution in [1.82, 2.24) is 10.4 Å². The number of hydrazine groups is 1. The van der Waals surface area contributed by atoms with Crippen LogP contribution in [0.5, 0.6) is 5.75 Å². The van der Waals surface area contributed by atoms with E-state index in [1.54, 1.807) is 6.07 Å². The van der Waals surface area contributed by atoms with Gasteiger partial charge in [0.1, 0.15) is 17.4 Å². The molecular formula is C13H13F2N3O. The van der Waals surface area contributed by atoms with Gasteiger partial charge in [-0.2, -0.15) is 0 Å². The van der Waals surface area contributed by atoms with Gasteiger partial charge < -0.3 is 4.74 Å². The van der Waals surface area contributed by atoms with Crippen molar-refractivity contribution >= 4 is 0 Å². The van der Waals surface area contributed by atoms with Gasteiger partial charge in [-0.15, -0.1) is 0 Å². The van der Waals surface area contributed by atoms with Crippen LogP contribution in [0.1, 0.15) is 17.2 Å². The zero-order chi connectivity index (χ0) is 13.8. The third kappa shape index (κ3) is 2.86. The van der Waals surface area contributed by atoms with Crippen molar-refractivity contribution in [2.75, 3.05) is 7.11 Å². The van der Waals surface area contributed by atoms with Crippen LogP contribution in [0.4, 0.5) is 8.78 Å². The first kappa shape index (κ1) is 13.4. The molecule has 0 spiro atoms. The van der Waals surface area contributed by atoms with Gasteiger partial charge in [0.25, 0.3) is 0 Å². The summed E-state index contributed by atoms with van der Waals surface area (Å²) in [6.07, 6.45) is 3.06. The van der Waals surface area contributed by atoms with Crippen molar-refractivity contribution in [2.24, 2.45) is 5.84 Å². The predicted molar refractivity (Wildman–Crippen MR) is 66.3 cm³/mol. The van der Waals surface area contributed by atoms with Gasteiger partial charge in [0.2, 0.25) is 0 Å². The van der Waals surface area contributed by atoms with Crippen LogP contribution in [-0.4, -0.2) is 12.1 Å². The average Bonchev–Trinajstić information content (AvgIpc) is 2.42. The summed E-state index contributed by atoms with van der Waals surface area (Å²) in [6, 6.07) is 4.38. The molecule has 0 aliphatic heterocycles. The van der Waals surface area contributed by atoms with E-state index >= 15 is 0 Å². The lowest BCUT2D eigenvalue weighted by molar-refractivity contribution is 0.411. The molecular weight excluding hydrogens is 252 g/mol. The highest BCUT2D eigenvalue weighted by atomic mass is 19.1. The van der Waals surface area contributed by atoms with Crippen LogP contribution < -0.4 is 16.0 Å². The highest BCUT2D eigenvalue weighted by Gasteiger charge is 2.18. The standard InChI is InChI=1S/C13H13F2N3O/c1-19-10-4-8(6-17-7-10)13(18-16)11-3-2-9(14)5-12(11)15/h2-7,13,18H,16H2,1H3. The number of hydrogen-bond acceptors (Lipinski definition) is 4. The van der Waals surface area contributed by atoms with E-state index in [0.717, 1.165) is 6.07 Å². The molecule has 0 saturated carbocycles. The van der Waals surface area contributed by atoms with E-state index in [1.807, 2.05) is 0 Å². The van der Waals surface area contributed by atoms with Crippen molar-refractivity contribution < 1.29 is 13.5 Å². The Balaban J connectivity index is 2.43. The molecule has 0 saturated heterocycles. The van der Waals surface area contributed by atoms with Crippen molar-refractivity contribution in [2.45, 2.75) is 6.04 Å². The lowest BCUT2D eigenvalue weighted by Gasteiger charge is -2.17. The molecule has 1 atom stereocenters. The number of ether oxygens (including phenoxy) is 1. The summed E-state index contributed by atoms with van der Waals surface area (Å²) < 4.78 is 31.7. The van der Waals surface area contributed by atoms with Gasteiger partial charge in [-0.3, -0.25) is 10.8 Å². The number of nitrogens with two attached hydrogens (primary N) is 1. The van der Waals surface area contributed by atoms with Crippen LogP contribution in [0.3, 0.4) is 0 Å². The molecule has 1 aromatic carbocycles. The number of benzene rings is 1. The first-order valence-corrected chi connectivity index (χ1v) is 5.55. The van der Waals surface area contributed by atoms with Crippen molar-refractivity contribution in [3.8, 4) is 5.75 Å². The lowest BCUT2D eigenvalue weighted by Crippen LogP contribution is -2.29. The molecule has 1 aromatic heterocycles. The van der Waals surface area contributed by atoms with E-state index in [0.29, 0.717) is 11.3 Å². The minimum atomic E-state index is -0.675. The molecule has 0 aliphatic carbocycles. The molecule has 0 radical (unpaired) electrons. The number of rotatable bonds is 4. The van der Waals surface area contributed by atoms with Gasteiger partial charge in [0.05, 0.1) is 19.3 Å². The SMILES string of the molecule is COc1cncc(C(NN)c2ccc(F)cc2F)c1. The maximum atomic E-state index is 13.8. The summed E-state index contributed by atoms with van der Waals surface area (Å²) in [5.74, 6) is 4.67. The summed E-state index contributed by atoms with van der Waals surface area (Å²) in [7, 11) is 1.50. The smallest absolute Gasteiger partial charge is 0.137 e. The maximum absolute atomic E-state index is 13.8. The predicted octanol–water partition coefficient (Wildman–Crippen LogP) is 1.92. The molecule has 19 heavy (non-hydrogen) atoms. The first-order chi connectivity index (χ1) is 9.15. The highest BCUT2D eigenvalue weighted by Crippen LogP contribution is 2.25. The largest absolute Gasteiger partial charge is 0.495 e. The minimum absolute atomic E-state index is 0.235. The van der Waals surface area contributed by atoms with E-state index in [4.69, 9.17) is 10.6 Å². The Bertz CT molecular complexity index is 578. The monoisotopic (exact) mass is 265 g/mol. The molecule has 0 aliphatic rings. The molecule has 1 unspecified atom stereocenters. The number of aromatic nitrogens is 1. The van der Waals surface area contributed by atoms with E-state index in [1.165, 1.54) is 31.6 Å². The second kappa shape index (κ2) is 5.73. The fourth-order valence-corrected chi connectivity index (χ4v) is 1.81. The lowest BCUT2D eigenvalue weighted by atomic mass is 10.00. The molecule has 3 N–H and O–H groups in total. The van der Waals surface area contributed by atoms with Crippen molar-refractivity contribution in [3.63, 3.8) is 0 Å². The van der Waals surface area contributed by atoms with Gasteiger partial charge in [0, 0.05) is 17.8 Å².